The number of para-hydroxylation sites is 1. The highest BCUT2D eigenvalue weighted by Gasteiger charge is 2.19. The number of halogens is 1. The molecule has 0 aliphatic rings. The van der Waals surface area contributed by atoms with Crippen LogP contribution in [-0.2, 0) is 11.3 Å². The predicted octanol–water partition coefficient (Wildman–Crippen LogP) is 5.24. The Balaban J connectivity index is 1.62. The molecule has 0 radical (unpaired) electrons. The van der Waals surface area contributed by atoms with Crippen molar-refractivity contribution in [3.8, 4) is 5.75 Å². The minimum atomic E-state index is -0.251. The molecular formula is C21H23BrN4O2S. The van der Waals surface area contributed by atoms with Gasteiger partial charge in [0.25, 0.3) is 0 Å². The van der Waals surface area contributed by atoms with Crippen LogP contribution in [-0.4, -0.2) is 26.4 Å². The Morgan fingerprint density at radius 3 is 2.69 bits per heavy atom. The topological polar surface area (TPSA) is 69.0 Å². The van der Waals surface area contributed by atoms with E-state index in [9.17, 15) is 4.79 Å². The number of rotatable bonds is 8. The first-order valence-electron chi connectivity index (χ1n) is 9.31. The van der Waals surface area contributed by atoms with Crippen LogP contribution in [0.25, 0.3) is 0 Å². The number of carbonyl (C=O) groups excluding carboxylic acids is 1. The maximum atomic E-state index is 12.3. The molecule has 0 aliphatic heterocycles. The average molecular weight is 475 g/mol. The van der Waals surface area contributed by atoms with Gasteiger partial charge in [-0.1, -0.05) is 45.9 Å². The van der Waals surface area contributed by atoms with Crippen LogP contribution in [0.2, 0.25) is 0 Å². The van der Waals surface area contributed by atoms with Crippen molar-refractivity contribution in [3.63, 3.8) is 0 Å². The summed E-state index contributed by atoms with van der Waals surface area (Å²) in [5.41, 5.74) is 1.84. The number of ether oxygens (including phenoxy) is 1. The predicted molar refractivity (Wildman–Crippen MR) is 119 cm³/mol. The number of hydrogen-bond acceptors (Lipinski definition) is 5. The Kier molecular flexibility index (Phi) is 7.33. The number of aromatic nitrogens is 3. The smallest absolute Gasteiger partial charge is 0.234 e. The SMILES string of the molecule is CCn1c(SCC(=O)Nc2ccc(Br)c(C)c2)nnc1[C@H](C)Oc1ccccc1. The minimum absolute atomic E-state index is 0.0856. The van der Waals surface area contributed by atoms with Gasteiger partial charge in [-0.3, -0.25) is 4.79 Å². The number of nitrogens with zero attached hydrogens (tertiary/aromatic N) is 3. The number of benzene rings is 2. The Morgan fingerprint density at radius 1 is 1.24 bits per heavy atom. The molecule has 6 nitrogen and oxygen atoms in total. The zero-order valence-corrected chi connectivity index (χ0v) is 19.0. The second-order valence-electron chi connectivity index (χ2n) is 6.46. The van der Waals surface area contributed by atoms with Crippen molar-refractivity contribution in [2.24, 2.45) is 0 Å². The monoisotopic (exact) mass is 474 g/mol. The van der Waals surface area contributed by atoms with Crippen LogP contribution in [0.4, 0.5) is 5.69 Å². The molecule has 8 heteroatoms. The summed E-state index contributed by atoms with van der Waals surface area (Å²) in [6.45, 7) is 6.65. The number of thioether (sulfide) groups is 1. The first kappa shape index (κ1) is 21.4. The molecule has 1 amide bonds. The van der Waals surface area contributed by atoms with Gasteiger partial charge in [0.05, 0.1) is 5.75 Å². The van der Waals surface area contributed by atoms with Crippen LogP contribution in [0.1, 0.15) is 31.3 Å². The molecule has 0 saturated heterocycles. The fourth-order valence-corrected chi connectivity index (χ4v) is 3.87. The highest BCUT2D eigenvalue weighted by molar-refractivity contribution is 9.10. The number of anilines is 1. The summed E-state index contributed by atoms with van der Waals surface area (Å²) >= 11 is 4.83. The third kappa shape index (κ3) is 5.61. The molecule has 0 fully saturated rings. The second-order valence-corrected chi connectivity index (χ2v) is 8.26. The van der Waals surface area contributed by atoms with Crippen LogP contribution in [0, 0.1) is 6.92 Å². The van der Waals surface area contributed by atoms with Gasteiger partial charge in [-0.2, -0.15) is 0 Å². The van der Waals surface area contributed by atoms with Crippen molar-refractivity contribution in [1.82, 2.24) is 14.8 Å². The van der Waals surface area contributed by atoms with Crippen LogP contribution in [0.15, 0.2) is 58.2 Å². The number of carbonyl (C=O) groups is 1. The molecule has 0 spiro atoms. The van der Waals surface area contributed by atoms with E-state index in [-0.39, 0.29) is 17.8 Å². The Hall–Kier alpha value is -2.32. The average Bonchev–Trinajstić information content (AvgIpc) is 3.13. The molecule has 0 unspecified atom stereocenters. The van der Waals surface area contributed by atoms with Gasteiger partial charge in [0.15, 0.2) is 17.1 Å². The molecule has 29 heavy (non-hydrogen) atoms. The summed E-state index contributed by atoms with van der Waals surface area (Å²) in [7, 11) is 0. The molecule has 1 aromatic heterocycles. The Bertz CT molecular complexity index is 978. The number of aryl methyl sites for hydroxylation is 1. The molecule has 3 aromatic rings. The maximum Gasteiger partial charge on any atom is 0.234 e. The van der Waals surface area contributed by atoms with Crippen molar-refractivity contribution < 1.29 is 9.53 Å². The first-order chi connectivity index (χ1) is 14.0. The lowest BCUT2D eigenvalue weighted by Crippen LogP contribution is -2.15. The maximum absolute atomic E-state index is 12.3. The van der Waals surface area contributed by atoms with Gasteiger partial charge in [0.1, 0.15) is 5.75 Å². The van der Waals surface area contributed by atoms with Crippen molar-refractivity contribution in [3.05, 3.63) is 64.4 Å². The van der Waals surface area contributed by atoms with Gasteiger partial charge in [0, 0.05) is 16.7 Å². The van der Waals surface area contributed by atoms with Crippen molar-refractivity contribution >= 4 is 39.3 Å². The highest BCUT2D eigenvalue weighted by Crippen LogP contribution is 2.25. The molecule has 0 saturated carbocycles. The lowest BCUT2D eigenvalue weighted by atomic mass is 10.2. The lowest BCUT2D eigenvalue weighted by Gasteiger charge is -2.15. The minimum Gasteiger partial charge on any atom is -0.483 e. The van der Waals surface area contributed by atoms with E-state index in [2.05, 4.69) is 31.4 Å². The first-order valence-corrected chi connectivity index (χ1v) is 11.1. The van der Waals surface area contributed by atoms with E-state index >= 15 is 0 Å². The fraction of sp³-hybridized carbons (Fsp3) is 0.286. The fourth-order valence-electron chi connectivity index (χ4n) is 2.81. The van der Waals surface area contributed by atoms with Gasteiger partial charge in [-0.15, -0.1) is 10.2 Å². The Labute approximate surface area is 183 Å². The van der Waals surface area contributed by atoms with Crippen LogP contribution < -0.4 is 10.1 Å². The summed E-state index contributed by atoms with van der Waals surface area (Å²) in [4.78, 5) is 12.3. The largest absolute Gasteiger partial charge is 0.483 e. The van der Waals surface area contributed by atoms with E-state index < -0.39 is 0 Å². The molecular weight excluding hydrogens is 452 g/mol. The van der Waals surface area contributed by atoms with E-state index in [1.165, 1.54) is 11.8 Å². The zero-order chi connectivity index (χ0) is 20.8. The molecule has 1 heterocycles. The van der Waals surface area contributed by atoms with Crippen molar-refractivity contribution in [1.29, 1.82) is 0 Å². The summed E-state index contributed by atoms with van der Waals surface area (Å²) < 4.78 is 8.96. The number of hydrogen-bond donors (Lipinski definition) is 1. The molecule has 0 aliphatic carbocycles. The highest BCUT2D eigenvalue weighted by atomic mass is 79.9. The van der Waals surface area contributed by atoms with E-state index in [0.717, 1.165) is 27.3 Å². The van der Waals surface area contributed by atoms with Crippen molar-refractivity contribution in [2.45, 2.75) is 38.6 Å². The van der Waals surface area contributed by atoms with Gasteiger partial charge in [-0.05, 0) is 56.7 Å². The molecule has 152 valence electrons. The molecule has 3 rings (SSSR count). The molecule has 1 atom stereocenters. The normalized spacial score (nSPS) is 11.9. The quantitative estimate of drug-likeness (QED) is 0.452. The van der Waals surface area contributed by atoms with Gasteiger partial charge in [0.2, 0.25) is 5.91 Å². The van der Waals surface area contributed by atoms with Gasteiger partial charge in [-0.25, -0.2) is 0 Å². The van der Waals surface area contributed by atoms with Gasteiger partial charge < -0.3 is 14.6 Å². The van der Waals surface area contributed by atoms with E-state index in [1.54, 1.807) is 0 Å². The summed E-state index contributed by atoms with van der Waals surface area (Å²) in [6, 6.07) is 15.4. The summed E-state index contributed by atoms with van der Waals surface area (Å²) in [5, 5.41) is 12.2. The van der Waals surface area contributed by atoms with E-state index in [4.69, 9.17) is 4.74 Å². The molecule has 2 aromatic carbocycles. The van der Waals surface area contributed by atoms with Crippen LogP contribution in [0.3, 0.4) is 0 Å². The summed E-state index contributed by atoms with van der Waals surface area (Å²) in [5.74, 6) is 1.69. The summed E-state index contributed by atoms with van der Waals surface area (Å²) in [6.07, 6.45) is -0.251. The van der Waals surface area contributed by atoms with Gasteiger partial charge >= 0.3 is 0 Å². The molecule has 1 N–H and O–H groups in total. The third-order valence-electron chi connectivity index (χ3n) is 4.26. The van der Waals surface area contributed by atoms with Crippen LogP contribution >= 0.6 is 27.7 Å². The lowest BCUT2D eigenvalue weighted by molar-refractivity contribution is -0.113. The standard InChI is InChI=1S/C21H23BrN4O2S/c1-4-26-20(15(3)28-17-8-6-5-7-9-17)24-25-21(26)29-13-19(27)23-16-10-11-18(22)14(2)12-16/h5-12,15H,4,13H2,1-3H3,(H,23,27)/t15-/m0/s1. The zero-order valence-electron chi connectivity index (χ0n) is 16.6. The number of amides is 1. The van der Waals surface area contributed by atoms with Crippen molar-refractivity contribution in [2.75, 3.05) is 11.1 Å². The second kappa shape index (κ2) is 9.93. The van der Waals surface area contributed by atoms with Crippen LogP contribution in [0.5, 0.6) is 5.75 Å². The van der Waals surface area contributed by atoms with E-state index in [0.29, 0.717) is 11.7 Å². The molecule has 0 bridgehead atoms. The van der Waals surface area contributed by atoms with E-state index in [1.807, 2.05) is 73.9 Å². The number of nitrogens with one attached hydrogen (secondary N) is 1. The third-order valence-corrected chi connectivity index (χ3v) is 6.11. The Morgan fingerprint density at radius 2 is 2.00 bits per heavy atom.